The SMILES string of the molecule is O=C(NCCCCCCOC(=O)N1CCC(O)CC1)Oc1ccc(Oc2ccccc2)cc1. The molecule has 0 aliphatic carbocycles. The first-order chi connectivity index (χ1) is 16.1. The maximum absolute atomic E-state index is 11.9. The summed E-state index contributed by atoms with van der Waals surface area (Å²) in [5, 5.41) is 12.2. The van der Waals surface area contributed by atoms with Gasteiger partial charge in [0.1, 0.15) is 17.2 Å². The first-order valence-corrected chi connectivity index (χ1v) is 11.5. The molecule has 8 heteroatoms. The van der Waals surface area contributed by atoms with E-state index in [1.165, 1.54) is 0 Å². The number of benzene rings is 2. The molecule has 0 aromatic heterocycles. The molecule has 178 valence electrons. The molecule has 0 saturated carbocycles. The number of nitrogens with zero attached hydrogens (tertiary/aromatic N) is 1. The summed E-state index contributed by atoms with van der Waals surface area (Å²) in [5.74, 6) is 1.84. The van der Waals surface area contributed by atoms with Crippen LogP contribution in [0.15, 0.2) is 54.6 Å². The van der Waals surface area contributed by atoms with Gasteiger partial charge in [0, 0.05) is 19.6 Å². The zero-order valence-corrected chi connectivity index (χ0v) is 18.8. The number of piperidine rings is 1. The lowest BCUT2D eigenvalue weighted by Gasteiger charge is -2.28. The van der Waals surface area contributed by atoms with E-state index in [4.69, 9.17) is 14.2 Å². The van der Waals surface area contributed by atoms with Gasteiger partial charge in [0.05, 0.1) is 12.7 Å². The van der Waals surface area contributed by atoms with E-state index in [1.54, 1.807) is 29.2 Å². The predicted molar refractivity (Wildman–Crippen MR) is 124 cm³/mol. The summed E-state index contributed by atoms with van der Waals surface area (Å²) in [5.41, 5.74) is 0. The van der Waals surface area contributed by atoms with Crippen LogP contribution < -0.4 is 14.8 Å². The molecule has 0 bridgehead atoms. The third-order valence-corrected chi connectivity index (χ3v) is 5.30. The maximum Gasteiger partial charge on any atom is 0.412 e. The molecule has 0 atom stereocenters. The molecule has 2 N–H and O–H groups in total. The van der Waals surface area contributed by atoms with Gasteiger partial charge in [-0.25, -0.2) is 9.59 Å². The predicted octanol–water partition coefficient (Wildman–Crippen LogP) is 4.72. The van der Waals surface area contributed by atoms with Gasteiger partial charge in [0.15, 0.2) is 0 Å². The first kappa shape index (κ1) is 24.4. The number of hydrogen-bond acceptors (Lipinski definition) is 6. The number of carbonyl (C=O) groups excluding carboxylic acids is 2. The number of ether oxygens (including phenoxy) is 3. The summed E-state index contributed by atoms with van der Waals surface area (Å²) < 4.78 is 16.3. The molecule has 1 heterocycles. The second kappa shape index (κ2) is 13.3. The molecule has 0 unspecified atom stereocenters. The lowest BCUT2D eigenvalue weighted by atomic mass is 10.1. The molecule has 1 aliphatic heterocycles. The normalized spacial score (nSPS) is 13.9. The highest BCUT2D eigenvalue weighted by Crippen LogP contribution is 2.23. The Labute approximate surface area is 194 Å². The Morgan fingerprint density at radius 3 is 2.24 bits per heavy atom. The summed E-state index contributed by atoms with van der Waals surface area (Å²) in [6.07, 6.45) is 3.54. The van der Waals surface area contributed by atoms with Gasteiger partial charge in [-0.2, -0.15) is 0 Å². The van der Waals surface area contributed by atoms with Crippen LogP contribution >= 0.6 is 0 Å². The van der Waals surface area contributed by atoms with E-state index in [9.17, 15) is 14.7 Å². The molecule has 2 aromatic rings. The van der Waals surface area contributed by atoms with E-state index in [2.05, 4.69) is 5.32 Å². The molecule has 2 amide bonds. The quantitative estimate of drug-likeness (QED) is 0.502. The molecule has 3 rings (SSSR count). The molecule has 1 saturated heterocycles. The van der Waals surface area contributed by atoms with Crippen molar-refractivity contribution >= 4 is 12.2 Å². The van der Waals surface area contributed by atoms with Crippen molar-refractivity contribution in [2.75, 3.05) is 26.2 Å². The molecule has 33 heavy (non-hydrogen) atoms. The molecule has 0 radical (unpaired) electrons. The third-order valence-electron chi connectivity index (χ3n) is 5.30. The van der Waals surface area contributed by atoms with Gasteiger partial charge >= 0.3 is 12.2 Å². The highest BCUT2D eigenvalue weighted by Gasteiger charge is 2.21. The maximum atomic E-state index is 11.9. The summed E-state index contributed by atoms with van der Waals surface area (Å²) in [7, 11) is 0. The van der Waals surface area contributed by atoms with Crippen LogP contribution in [0.5, 0.6) is 17.2 Å². The van der Waals surface area contributed by atoms with Gasteiger partial charge in [-0.3, -0.25) is 0 Å². The summed E-state index contributed by atoms with van der Waals surface area (Å²) in [4.78, 5) is 25.5. The second-order valence-electron chi connectivity index (χ2n) is 7.95. The van der Waals surface area contributed by atoms with Crippen molar-refractivity contribution < 1.29 is 28.9 Å². The zero-order chi connectivity index (χ0) is 23.3. The van der Waals surface area contributed by atoms with Crippen LogP contribution in [-0.4, -0.2) is 54.5 Å². The van der Waals surface area contributed by atoms with Crippen LogP contribution in [0.25, 0.3) is 0 Å². The number of amides is 2. The van der Waals surface area contributed by atoms with Gasteiger partial charge < -0.3 is 29.5 Å². The van der Waals surface area contributed by atoms with E-state index in [0.29, 0.717) is 50.6 Å². The van der Waals surface area contributed by atoms with E-state index < -0.39 is 6.09 Å². The van der Waals surface area contributed by atoms with Gasteiger partial charge in [0.2, 0.25) is 0 Å². The van der Waals surface area contributed by atoms with Crippen molar-refractivity contribution in [1.82, 2.24) is 10.2 Å². The lowest BCUT2D eigenvalue weighted by Crippen LogP contribution is -2.40. The minimum atomic E-state index is -0.493. The topological polar surface area (TPSA) is 97.3 Å². The Bertz CT molecular complexity index is 851. The van der Waals surface area contributed by atoms with Crippen molar-refractivity contribution in [1.29, 1.82) is 0 Å². The fourth-order valence-corrected chi connectivity index (χ4v) is 3.41. The molecule has 1 aliphatic rings. The van der Waals surface area contributed by atoms with E-state index in [-0.39, 0.29) is 12.2 Å². The summed E-state index contributed by atoms with van der Waals surface area (Å²) in [6, 6.07) is 16.3. The van der Waals surface area contributed by atoms with Crippen molar-refractivity contribution in [3.05, 3.63) is 54.6 Å². The number of para-hydroxylation sites is 1. The molecule has 8 nitrogen and oxygen atoms in total. The number of unbranched alkanes of at least 4 members (excludes halogenated alkanes) is 3. The highest BCUT2D eigenvalue weighted by molar-refractivity contribution is 5.70. The Morgan fingerprint density at radius 2 is 1.52 bits per heavy atom. The van der Waals surface area contributed by atoms with E-state index in [1.807, 2.05) is 30.3 Å². The minimum absolute atomic E-state index is 0.300. The number of carbonyl (C=O) groups is 2. The van der Waals surface area contributed by atoms with Crippen LogP contribution in [0, 0.1) is 0 Å². The van der Waals surface area contributed by atoms with Crippen LogP contribution in [0.1, 0.15) is 38.5 Å². The number of likely N-dealkylation sites (tertiary alicyclic amines) is 1. The van der Waals surface area contributed by atoms with Gasteiger partial charge in [-0.1, -0.05) is 24.6 Å². The fourth-order valence-electron chi connectivity index (χ4n) is 3.41. The molecular weight excluding hydrogens is 424 g/mol. The van der Waals surface area contributed by atoms with Gasteiger partial charge in [-0.05, 0) is 68.5 Å². The van der Waals surface area contributed by atoms with Crippen LogP contribution in [-0.2, 0) is 4.74 Å². The molecule has 1 fully saturated rings. The van der Waals surface area contributed by atoms with Crippen LogP contribution in [0.3, 0.4) is 0 Å². The number of nitrogens with one attached hydrogen (secondary N) is 1. The number of aliphatic hydroxyl groups excluding tert-OH is 1. The number of rotatable bonds is 10. The van der Waals surface area contributed by atoms with E-state index in [0.717, 1.165) is 31.4 Å². The molecule has 0 spiro atoms. The highest BCUT2D eigenvalue weighted by atomic mass is 16.6. The van der Waals surface area contributed by atoms with Gasteiger partial charge in [0.25, 0.3) is 0 Å². The molecule has 2 aromatic carbocycles. The van der Waals surface area contributed by atoms with Crippen LogP contribution in [0.4, 0.5) is 9.59 Å². The summed E-state index contributed by atoms with van der Waals surface area (Å²) in [6.45, 7) is 2.00. The van der Waals surface area contributed by atoms with E-state index >= 15 is 0 Å². The Balaban J connectivity index is 1.20. The Morgan fingerprint density at radius 1 is 0.879 bits per heavy atom. The number of hydrogen-bond donors (Lipinski definition) is 2. The minimum Gasteiger partial charge on any atom is -0.457 e. The summed E-state index contributed by atoms with van der Waals surface area (Å²) >= 11 is 0. The average Bonchev–Trinajstić information content (AvgIpc) is 2.83. The average molecular weight is 457 g/mol. The second-order valence-corrected chi connectivity index (χ2v) is 7.95. The van der Waals surface area contributed by atoms with Crippen molar-refractivity contribution in [2.45, 2.75) is 44.6 Å². The fraction of sp³-hybridized carbons (Fsp3) is 0.440. The smallest absolute Gasteiger partial charge is 0.412 e. The van der Waals surface area contributed by atoms with Crippen molar-refractivity contribution in [3.63, 3.8) is 0 Å². The Hall–Kier alpha value is -3.26. The van der Waals surface area contributed by atoms with Gasteiger partial charge in [-0.15, -0.1) is 0 Å². The first-order valence-electron chi connectivity index (χ1n) is 11.5. The number of aliphatic hydroxyl groups is 1. The molecular formula is C25H32N2O6. The lowest BCUT2D eigenvalue weighted by molar-refractivity contribution is 0.0585. The third kappa shape index (κ3) is 9.02. The standard InChI is InChI=1S/C25H32N2O6/c28-20-14-17-27(18-15-20)25(30)31-19-7-2-1-6-16-26-24(29)33-23-12-10-22(11-13-23)32-21-8-4-3-5-9-21/h3-5,8-13,20,28H,1-2,6-7,14-19H2,(H,26,29). The van der Waals surface area contributed by atoms with Crippen molar-refractivity contribution in [3.8, 4) is 17.2 Å². The van der Waals surface area contributed by atoms with Crippen molar-refractivity contribution in [2.24, 2.45) is 0 Å². The largest absolute Gasteiger partial charge is 0.457 e. The van der Waals surface area contributed by atoms with Crippen LogP contribution in [0.2, 0.25) is 0 Å². The zero-order valence-electron chi connectivity index (χ0n) is 18.8. The monoisotopic (exact) mass is 456 g/mol. The Kier molecular flexibility index (Phi) is 9.85.